The SMILES string of the molecule is c1ccc(-c2nc(-c3ccc4c(c3)c3cc(-c5cccc6c5-c5ccccc5C65CCCCC5)ccc3n4-c3ccccc3)c3sc4ccccc4c3n2)cc1. The molecule has 3 nitrogen and oxygen atoms in total. The maximum atomic E-state index is 5.35. The van der Waals surface area contributed by atoms with Crippen molar-refractivity contribution in [2.45, 2.75) is 37.5 Å². The zero-order chi connectivity index (χ0) is 36.8. The van der Waals surface area contributed by atoms with E-state index in [4.69, 9.17) is 9.97 Å². The maximum absolute atomic E-state index is 5.35. The molecular weight excluding hydrogens is 699 g/mol. The third-order valence-electron chi connectivity index (χ3n) is 12.6. The molecular formula is C52H37N3S. The molecule has 1 fully saturated rings. The van der Waals surface area contributed by atoms with Crippen molar-refractivity contribution in [2.75, 3.05) is 0 Å². The predicted octanol–water partition coefficient (Wildman–Crippen LogP) is 14.2. The van der Waals surface area contributed by atoms with E-state index >= 15 is 0 Å². The van der Waals surface area contributed by atoms with E-state index in [0.29, 0.717) is 0 Å². The molecule has 0 amide bonds. The van der Waals surface area contributed by atoms with Crippen LogP contribution in [0.2, 0.25) is 0 Å². The number of aromatic nitrogens is 3. The summed E-state index contributed by atoms with van der Waals surface area (Å²) in [6, 6.07) is 60.2. The van der Waals surface area contributed by atoms with E-state index < -0.39 is 0 Å². The number of hydrogen-bond acceptors (Lipinski definition) is 3. The molecule has 1 saturated carbocycles. The van der Waals surface area contributed by atoms with E-state index in [9.17, 15) is 0 Å². The molecule has 266 valence electrons. The van der Waals surface area contributed by atoms with Crippen molar-refractivity contribution in [1.82, 2.24) is 14.5 Å². The van der Waals surface area contributed by atoms with Crippen LogP contribution in [0.3, 0.4) is 0 Å². The summed E-state index contributed by atoms with van der Waals surface area (Å²) >= 11 is 1.78. The lowest BCUT2D eigenvalue weighted by molar-refractivity contribution is 0.353. The van der Waals surface area contributed by atoms with Gasteiger partial charge < -0.3 is 4.57 Å². The fourth-order valence-electron chi connectivity index (χ4n) is 10.1. The molecule has 0 unspecified atom stereocenters. The quantitative estimate of drug-likeness (QED) is 0.180. The standard InChI is InChI=1S/C52H37N3S/c1-4-15-33(16-5-1)51-53-48(50-49(54-51)39-20-9-11-24-46(39)56-50)35-26-28-45-41(32-35)40-31-34(25-27-44(40)55(45)36-17-6-2-7-18-36)37-21-14-23-43-47(37)38-19-8-10-22-42(38)52(43)29-12-3-13-30-52/h1-2,4-11,14-28,31-32H,3,12-13,29-30H2. The number of thiophene rings is 1. The molecule has 3 aromatic heterocycles. The van der Waals surface area contributed by atoms with Crippen molar-refractivity contribution in [2.24, 2.45) is 0 Å². The van der Waals surface area contributed by atoms with Crippen LogP contribution < -0.4 is 0 Å². The molecule has 56 heavy (non-hydrogen) atoms. The van der Waals surface area contributed by atoms with Gasteiger partial charge in [-0.3, -0.25) is 0 Å². The smallest absolute Gasteiger partial charge is 0.160 e. The van der Waals surface area contributed by atoms with Gasteiger partial charge in [0.1, 0.15) is 0 Å². The molecule has 0 N–H and O–H groups in total. The molecule has 0 saturated heterocycles. The van der Waals surface area contributed by atoms with Crippen LogP contribution in [0.5, 0.6) is 0 Å². The van der Waals surface area contributed by atoms with Crippen LogP contribution >= 0.6 is 11.3 Å². The molecule has 12 rings (SSSR count). The molecule has 0 radical (unpaired) electrons. The molecule has 10 aromatic rings. The molecule has 2 aliphatic rings. The number of nitrogens with zero attached hydrogens (tertiary/aromatic N) is 3. The van der Waals surface area contributed by atoms with E-state index in [-0.39, 0.29) is 5.41 Å². The second-order valence-corrected chi connectivity index (χ2v) is 16.6. The zero-order valence-electron chi connectivity index (χ0n) is 30.9. The van der Waals surface area contributed by atoms with Gasteiger partial charge in [-0.2, -0.15) is 0 Å². The summed E-state index contributed by atoms with van der Waals surface area (Å²) in [6.07, 6.45) is 6.38. The van der Waals surface area contributed by atoms with E-state index in [0.717, 1.165) is 38.5 Å². The van der Waals surface area contributed by atoms with E-state index in [1.807, 2.05) is 6.07 Å². The second kappa shape index (κ2) is 12.3. The number of rotatable bonds is 4. The highest BCUT2D eigenvalue weighted by Gasteiger charge is 2.44. The normalized spacial score (nSPS) is 14.6. The molecule has 2 aliphatic carbocycles. The summed E-state index contributed by atoms with van der Waals surface area (Å²) in [7, 11) is 0. The molecule has 7 aromatic carbocycles. The Balaban J connectivity index is 1.11. The minimum absolute atomic E-state index is 0.122. The fourth-order valence-corrected chi connectivity index (χ4v) is 11.3. The Bertz CT molecular complexity index is 3170. The third kappa shape index (κ3) is 4.63. The van der Waals surface area contributed by atoms with Crippen LogP contribution in [-0.2, 0) is 5.41 Å². The monoisotopic (exact) mass is 735 g/mol. The highest BCUT2D eigenvalue weighted by molar-refractivity contribution is 7.26. The molecule has 3 heterocycles. The Morgan fingerprint density at radius 3 is 1.98 bits per heavy atom. The first kappa shape index (κ1) is 31.9. The average molecular weight is 736 g/mol. The molecule has 0 aliphatic heterocycles. The van der Waals surface area contributed by atoms with Gasteiger partial charge in [-0.25, -0.2) is 9.97 Å². The Labute approximate surface area is 329 Å². The van der Waals surface area contributed by atoms with Gasteiger partial charge in [0.05, 0.1) is 26.9 Å². The summed E-state index contributed by atoms with van der Waals surface area (Å²) < 4.78 is 4.76. The van der Waals surface area contributed by atoms with E-state index in [1.54, 1.807) is 11.3 Å². The third-order valence-corrected chi connectivity index (χ3v) is 13.8. The van der Waals surface area contributed by atoms with Gasteiger partial charge in [0.25, 0.3) is 0 Å². The minimum atomic E-state index is 0.122. The van der Waals surface area contributed by atoms with Gasteiger partial charge in [-0.1, -0.05) is 141 Å². The first-order chi connectivity index (χ1) is 27.7. The van der Waals surface area contributed by atoms with Crippen LogP contribution in [0.1, 0.15) is 43.2 Å². The van der Waals surface area contributed by atoms with Crippen LogP contribution in [0.4, 0.5) is 0 Å². The van der Waals surface area contributed by atoms with Crippen LogP contribution in [-0.4, -0.2) is 14.5 Å². The molecule has 4 heteroatoms. The van der Waals surface area contributed by atoms with Gasteiger partial charge in [-0.05, 0) is 88.7 Å². The minimum Gasteiger partial charge on any atom is -0.309 e. The van der Waals surface area contributed by atoms with E-state index in [2.05, 4.69) is 162 Å². The lowest BCUT2D eigenvalue weighted by atomic mass is 9.68. The number of fused-ring (bicyclic) bond motifs is 11. The van der Waals surface area contributed by atoms with Gasteiger partial charge >= 0.3 is 0 Å². The van der Waals surface area contributed by atoms with Crippen molar-refractivity contribution in [3.63, 3.8) is 0 Å². The van der Waals surface area contributed by atoms with Crippen molar-refractivity contribution in [3.05, 3.63) is 175 Å². The maximum Gasteiger partial charge on any atom is 0.160 e. The highest BCUT2D eigenvalue weighted by Crippen LogP contribution is 2.58. The summed E-state index contributed by atoms with van der Waals surface area (Å²) in [5.41, 5.74) is 16.2. The summed E-state index contributed by atoms with van der Waals surface area (Å²) in [5.74, 6) is 0.750. The zero-order valence-corrected chi connectivity index (χ0v) is 31.7. The molecule has 1 spiro atoms. The van der Waals surface area contributed by atoms with Crippen LogP contribution in [0.15, 0.2) is 164 Å². The number of benzene rings is 7. The topological polar surface area (TPSA) is 30.7 Å². The number of hydrogen-bond donors (Lipinski definition) is 0. The van der Waals surface area contributed by atoms with E-state index in [1.165, 1.54) is 97.4 Å². The highest BCUT2D eigenvalue weighted by atomic mass is 32.1. The largest absolute Gasteiger partial charge is 0.309 e. The average Bonchev–Trinajstić information content (AvgIpc) is 3.90. The lowest BCUT2D eigenvalue weighted by Gasteiger charge is -2.36. The first-order valence-electron chi connectivity index (χ1n) is 19.9. The second-order valence-electron chi connectivity index (χ2n) is 15.6. The fraction of sp³-hybridized carbons (Fsp3) is 0.115. The van der Waals surface area contributed by atoms with Crippen molar-refractivity contribution < 1.29 is 0 Å². The van der Waals surface area contributed by atoms with Crippen molar-refractivity contribution >= 4 is 53.4 Å². The van der Waals surface area contributed by atoms with Gasteiger partial charge in [0.2, 0.25) is 0 Å². The van der Waals surface area contributed by atoms with Crippen molar-refractivity contribution in [1.29, 1.82) is 0 Å². The summed E-state index contributed by atoms with van der Waals surface area (Å²) in [4.78, 5) is 10.5. The van der Waals surface area contributed by atoms with Gasteiger partial charge in [0, 0.05) is 43.1 Å². The molecule has 0 bridgehead atoms. The molecule has 0 atom stereocenters. The van der Waals surface area contributed by atoms with Crippen LogP contribution in [0, 0.1) is 0 Å². The lowest BCUT2D eigenvalue weighted by Crippen LogP contribution is -2.27. The Kier molecular flexibility index (Phi) is 7.03. The Hall–Kier alpha value is -6.36. The summed E-state index contributed by atoms with van der Waals surface area (Å²) in [5, 5.41) is 3.63. The van der Waals surface area contributed by atoms with Gasteiger partial charge in [-0.15, -0.1) is 11.3 Å². The Morgan fingerprint density at radius 1 is 0.500 bits per heavy atom. The summed E-state index contributed by atoms with van der Waals surface area (Å²) in [6.45, 7) is 0. The van der Waals surface area contributed by atoms with Gasteiger partial charge in [0.15, 0.2) is 5.82 Å². The first-order valence-corrected chi connectivity index (χ1v) is 20.7. The Morgan fingerprint density at radius 2 is 1.16 bits per heavy atom. The number of para-hydroxylation sites is 1. The van der Waals surface area contributed by atoms with Crippen LogP contribution in [0.25, 0.3) is 92.7 Å². The van der Waals surface area contributed by atoms with Crippen molar-refractivity contribution in [3.8, 4) is 50.6 Å². The predicted molar refractivity (Wildman–Crippen MR) is 235 cm³/mol.